The van der Waals surface area contributed by atoms with Gasteiger partial charge in [-0.15, -0.1) is 0 Å². The van der Waals surface area contributed by atoms with Crippen molar-refractivity contribution in [2.75, 3.05) is 26.4 Å². The minimum Gasteiger partial charge on any atom is -0.447 e. The number of alkyl halides is 1. The Kier molecular flexibility index (Phi) is 7.57. The van der Waals surface area contributed by atoms with Crippen LogP contribution in [0.4, 0.5) is 9.18 Å². The molecule has 2 fully saturated rings. The second-order valence-corrected chi connectivity index (χ2v) is 8.54. The van der Waals surface area contributed by atoms with E-state index in [4.69, 9.17) is 9.47 Å². The third-order valence-electron chi connectivity index (χ3n) is 6.69. The number of likely N-dealkylation sites (tertiary alicyclic amines) is 1. The first-order valence-electron chi connectivity index (χ1n) is 11.4. The molecule has 1 aromatic heterocycles. The molecule has 2 atom stereocenters. The van der Waals surface area contributed by atoms with Crippen molar-refractivity contribution in [3.05, 3.63) is 53.9 Å². The Morgan fingerprint density at radius 1 is 1.13 bits per heavy atom. The Balaban J connectivity index is 1.37. The van der Waals surface area contributed by atoms with E-state index in [1.165, 1.54) is 5.56 Å². The Labute approximate surface area is 183 Å². The number of halogens is 1. The van der Waals surface area contributed by atoms with Crippen LogP contribution in [0.3, 0.4) is 0 Å². The summed E-state index contributed by atoms with van der Waals surface area (Å²) in [5, 5.41) is 7.15. The topological polar surface area (TPSA) is 67.5 Å². The van der Waals surface area contributed by atoms with Crippen molar-refractivity contribution in [2.45, 2.75) is 62.5 Å². The van der Waals surface area contributed by atoms with Crippen molar-refractivity contribution < 1.29 is 18.7 Å². The Morgan fingerprint density at radius 2 is 1.94 bits per heavy atom. The molecule has 31 heavy (non-hydrogen) atoms. The van der Waals surface area contributed by atoms with Crippen LogP contribution in [-0.2, 0) is 9.47 Å². The fourth-order valence-corrected chi connectivity index (χ4v) is 5.06. The minimum atomic E-state index is -0.671. The first-order chi connectivity index (χ1) is 15.3. The number of piperidine rings is 1. The lowest BCUT2D eigenvalue weighted by Gasteiger charge is -2.41. The summed E-state index contributed by atoms with van der Waals surface area (Å²) in [7, 11) is 0. The maximum absolute atomic E-state index is 12.6. The lowest BCUT2D eigenvalue weighted by Crippen LogP contribution is -2.50. The molecule has 1 N–H and O–H groups in total. The smallest absolute Gasteiger partial charge is 0.410 e. The number of hydrogen-bond donors (Lipinski definition) is 1. The molecule has 0 bridgehead atoms. The first-order valence-corrected chi connectivity index (χ1v) is 11.4. The molecule has 0 radical (unpaired) electrons. The maximum atomic E-state index is 12.6. The molecule has 1 saturated carbocycles. The van der Waals surface area contributed by atoms with E-state index >= 15 is 0 Å². The quantitative estimate of drug-likeness (QED) is 0.686. The Hall–Kier alpha value is -2.41. The molecule has 1 saturated heterocycles. The standard InChI is InChI=1S/C24H32FN3O3/c25-13-16-30-24(29)28-15-4-7-21(22-12-14-26-27-22)23(28)17-31-20-10-8-19(9-11-20)18-5-2-1-3-6-18/h1-3,5-6,12,14,19-21,23H,4,7-11,13,15-17H2,(H,26,27)/t19?,20?,21-,23+/m1/s1. The summed E-state index contributed by atoms with van der Waals surface area (Å²) < 4.78 is 24.0. The summed E-state index contributed by atoms with van der Waals surface area (Å²) in [5.41, 5.74) is 2.42. The van der Waals surface area contributed by atoms with E-state index in [1.807, 2.05) is 6.07 Å². The number of hydrogen-bond acceptors (Lipinski definition) is 4. The van der Waals surface area contributed by atoms with Gasteiger partial charge in [-0.05, 0) is 56.1 Å². The van der Waals surface area contributed by atoms with E-state index < -0.39 is 12.8 Å². The third-order valence-corrected chi connectivity index (χ3v) is 6.69. The minimum absolute atomic E-state index is 0.106. The molecule has 2 aliphatic rings. The molecule has 1 amide bonds. The molecule has 168 valence electrons. The van der Waals surface area contributed by atoms with E-state index in [2.05, 4.69) is 40.5 Å². The Morgan fingerprint density at radius 3 is 2.65 bits per heavy atom. The Bertz CT molecular complexity index is 794. The molecule has 1 aromatic carbocycles. The number of nitrogens with zero attached hydrogens (tertiary/aromatic N) is 2. The van der Waals surface area contributed by atoms with Crippen LogP contribution in [0, 0.1) is 0 Å². The summed E-state index contributed by atoms with van der Waals surface area (Å²) in [6, 6.07) is 12.5. The summed E-state index contributed by atoms with van der Waals surface area (Å²) in [5.74, 6) is 0.704. The van der Waals surface area contributed by atoms with Gasteiger partial charge >= 0.3 is 6.09 Å². The van der Waals surface area contributed by atoms with Crippen molar-refractivity contribution in [1.82, 2.24) is 15.1 Å². The van der Waals surface area contributed by atoms with Crippen molar-refractivity contribution in [3.8, 4) is 0 Å². The normalized spacial score (nSPS) is 26.5. The molecule has 7 heteroatoms. The van der Waals surface area contributed by atoms with Gasteiger partial charge in [0.15, 0.2) is 0 Å². The highest BCUT2D eigenvalue weighted by molar-refractivity contribution is 5.68. The number of aromatic nitrogens is 2. The highest BCUT2D eigenvalue weighted by atomic mass is 19.1. The number of ether oxygens (including phenoxy) is 2. The third kappa shape index (κ3) is 5.45. The first kappa shape index (κ1) is 21.8. The number of nitrogens with one attached hydrogen (secondary N) is 1. The van der Waals surface area contributed by atoms with E-state index in [-0.39, 0.29) is 24.7 Å². The summed E-state index contributed by atoms with van der Waals surface area (Å²) in [4.78, 5) is 14.3. The fraction of sp³-hybridized carbons (Fsp3) is 0.583. The monoisotopic (exact) mass is 429 g/mol. The molecule has 4 rings (SSSR count). The van der Waals surface area contributed by atoms with Gasteiger partial charge in [0.05, 0.1) is 18.8 Å². The number of rotatable bonds is 7. The zero-order chi connectivity index (χ0) is 21.5. The molecule has 2 heterocycles. The van der Waals surface area contributed by atoms with Crippen molar-refractivity contribution in [1.29, 1.82) is 0 Å². The van der Waals surface area contributed by atoms with Crippen molar-refractivity contribution in [3.63, 3.8) is 0 Å². The van der Waals surface area contributed by atoms with E-state index in [9.17, 15) is 9.18 Å². The number of aromatic amines is 1. The van der Waals surface area contributed by atoms with Crippen LogP contribution in [-0.4, -0.2) is 59.8 Å². The van der Waals surface area contributed by atoms with Gasteiger partial charge in [0, 0.05) is 24.4 Å². The van der Waals surface area contributed by atoms with Crippen LogP contribution in [0.15, 0.2) is 42.6 Å². The highest BCUT2D eigenvalue weighted by Crippen LogP contribution is 2.36. The van der Waals surface area contributed by atoms with Gasteiger partial charge in [-0.3, -0.25) is 5.10 Å². The lowest BCUT2D eigenvalue weighted by atomic mass is 9.82. The van der Waals surface area contributed by atoms with Gasteiger partial charge in [-0.2, -0.15) is 5.10 Å². The van der Waals surface area contributed by atoms with Crippen LogP contribution >= 0.6 is 0 Å². The predicted molar refractivity (Wildman–Crippen MR) is 116 cm³/mol. The van der Waals surface area contributed by atoms with Gasteiger partial charge < -0.3 is 14.4 Å². The lowest BCUT2D eigenvalue weighted by molar-refractivity contribution is -0.0266. The fourth-order valence-electron chi connectivity index (χ4n) is 5.06. The van der Waals surface area contributed by atoms with Crippen LogP contribution < -0.4 is 0 Å². The van der Waals surface area contributed by atoms with Crippen LogP contribution in [0.2, 0.25) is 0 Å². The SMILES string of the molecule is O=C(OCCF)N1CCC[C@H](c2ccn[nH]2)[C@@H]1COC1CCC(c2ccccc2)CC1. The van der Waals surface area contributed by atoms with E-state index in [1.54, 1.807) is 11.1 Å². The predicted octanol–water partition coefficient (Wildman–Crippen LogP) is 4.81. The van der Waals surface area contributed by atoms with E-state index in [0.717, 1.165) is 44.2 Å². The van der Waals surface area contributed by atoms with Gasteiger partial charge in [-0.25, -0.2) is 9.18 Å². The van der Waals surface area contributed by atoms with Gasteiger partial charge in [0.25, 0.3) is 0 Å². The second kappa shape index (κ2) is 10.8. The molecule has 1 aliphatic carbocycles. The molecule has 1 aliphatic heterocycles. The molecule has 0 unspecified atom stereocenters. The number of H-pyrrole nitrogens is 1. The maximum Gasteiger partial charge on any atom is 0.410 e. The summed E-state index contributed by atoms with van der Waals surface area (Å²) in [6.45, 7) is 0.177. The number of benzene rings is 1. The van der Waals surface area contributed by atoms with Gasteiger partial charge in [0.1, 0.15) is 13.3 Å². The zero-order valence-corrected chi connectivity index (χ0v) is 17.9. The molecule has 0 spiro atoms. The highest BCUT2D eigenvalue weighted by Gasteiger charge is 2.37. The number of carbonyl (C=O) groups excluding carboxylic acids is 1. The van der Waals surface area contributed by atoms with Crippen molar-refractivity contribution in [2.24, 2.45) is 0 Å². The molecular weight excluding hydrogens is 397 g/mol. The van der Waals surface area contributed by atoms with Gasteiger partial charge in [-0.1, -0.05) is 30.3 Å². The number of amides is 1. The van der Waals surface area contributed by atoms with Gasteiger partial charge in [0.2, 0.25) is 0 Å². The van der Waals surface area contributed by atoms with E-state index in [0.29, 0.717) is 19.1 Å². The second-order valence-electron chi connectivity index (χ2n) is 8.54. The average molecular weight is 430 g/mol. The van der Waals surface area contributed by atoms with Crippen molar-refractivity contribution >= 4 is 6.09 Å². The van der Waals surface area contributed by atoms with Crippen LogP contribution in [0.25, 0.3) is 0 Å². The molecule has 2 aromatic rings. The molecule has 6 nitrogen and oxygen atoms in total. The number of carbonyl (C=O) groups is 1. The summed E-state index contributed by atoms with van der Waals surface area (Å²) >= 11 is 0. The van der Waals surface area contributed by atoms with Crippen LogP contribution in [0.5, 0.6) is 0 Å². The summed E-state index contributed by atoms with van der Waals surface area (Å²) in [6.07, 6.45) is 7.57. The zero-order valence-electron chi connectivity index (χ0n) is 17.9. The largest absolute Gasteiger partial charge is 0.447 e. The van der Waals surface area contributed by atoms with Crippen LogP contribution in [0.1, 0.15) is 61.6 Å². The molecular formula is C24H32FN3O3. The average Bonchev–Trinajstić information content (AvgIpc) is 3.37.